The van der Waals surface area contributed by atoms with Gasteiger partial charge in [-0.25, -0.2) is 0 Å². The highest BCUT2D eigenvalue weighted by molar-refractivity contribution is 7.98. The summed E-state index contributed by atoms with van der Waals surface area (Å²) in [7, 11) is 4.12. The Bertz CT molecular complexity index is 1060. The Morgan fingerprint density at radius 3 is 2.76 bits per heavy atom. The molecule has 150 valence electrons. The first-order chi connectivity index (χ1) is 14.2. The van der Waals surface area contributed by atoms with Crippen molar-refractivity contribution in [3.8, 4) is 17.2 Å². The first kappa shape index (κ1) is 19.5. The number of aromatic amines is 1. The zero-order valence-electron chi connectivity index (χ0n) is 16.6. The molecule has 0 unspecified atom stereocenters. The van der Waals surface area contributed by atoms with Crippen LogP contribution in [-0.4, -0.2) is 46.5 Å². The highest BCUT2D eigenvalue weighted by Crippen LogP contribution is 2.25. The maximum absolute atomic E-state index is 5.85. The van der Waals surface area contributed by atoms with Crippen LogP contribution in [0.3, 0.4) is 0 Å². The summed E-state index contributed by atoms with van der Waals surface area (Å²) in [6.45, 7) is 1.52. The molecule has 4 aromatic rings. The number of hydrogen-bond acceptors (Lipinski definition) is 6. The standard InChI is InChI=1S/C22H24N4O2S/c1-26(2)14-18-13-17-12-16(8-9-20(17)23-18)22-25-24-21(28-22)15-29-11-10-27-19-6-4-3-5-7-19/h3-9,12-13,23H,10-11,14-15H2,1-2H3. The lowest BCUT2D eigenvalue weighted by molar-refractivity contribution is 0.344. The molecular formula is C22H24N4O2S. The predicted molar refractivity (Wildman–Crippen MR) is 117 cm³/mol. The van der Waals surface area contributed by atoms with E-state index in [1.807, 2.05) is 36.4 Å². The lowest BCUT2D eigenvalue weighted by Gasteiger charge is -2.06. The molecule has 0 saturated carbocycles. The van der Waals surface area contributed by atoms with Gasteiger partial charge in [0.15, 0.2) is 0 Å². The van der Waals surface area contributed by atoms with E-state index in [1.54, 1.807) is 11.8 Å². The minimum absolute atomic E-state index is 0.554. The molecule has 2 heterocycles. The number of benzene rings is 2. The summed E-state index contributed by atoms with van der Waals surface area (Å²) < 4.78 is 11.5. The number of rotatable bonds is 9. The van der Waals surface area contributed by atoms with Crippen molar-refractivity contribution in [2.75, 3.05) is 26.5 Å². The van der Waals surface area contributed by atoms with Crippen molar-refractivity contribution in [1.82, 2.24) is 20.1 Å². The number of hydrogen-bond donors (Lipinski definition) is 1. The van der Waals surface area contributed by atoms with Gasteiger partial charge in [-0.15, -0.1) is 22.0 Å². The van der Waals surface area contributed by atoms with Gasteiger partial charge in [-0.1, -0.05) is 18.2 Å². The third-order valence-electron chi connectivity index (χ3n) is 4.34. The van der Waals surface area contributed by atoms with E-state index >= 15 is 0 Å². The van der Waals surface area contributed by atoms with Gasteiger partial charge in [0, 0.05) is 34.5 Å². The Morgan fingerprint density at radius 1 is 1.07 bits per heavy atom. The van der Waals surface area contributed by atoms with E-state index < -0.39 is 0 Å². The molecule has 1 N–H and O–H groups in total. The fraction of sp³-hybridized carbons (Fsp3) is 0.273. The van der Waals surface area contributed by atoms with Crippen molar-refractivity contribution in [2.45, 2.75) is 12.3 Å². The average Bonchev–Trinajstić information content (AvgIpc) is 3.33. The molecule has 0 aliphatic rings. The van der Waals surface area contributed by atoms with Crippen LogP contribution in [0.4, 0.5) is 0 Å². The number of nitrogens with one attached hydrogen (secondary N) is 1. The molecule has 0 spiro atoms. The number of thioether (sulfide) groups is 1. The first-order valence-electron chi connectivity index (χ1n) is 9.52. The summed E-state index contributed by atoms with van der Waals surface area (Å²) in [5.41, 5.74) is 3.23. The smallest absolute Gasteiger partial charge is 0.247 e. The molecule has 6 nitrogen and oxygen atoms in total. The van der Waals surface area contributed by atoms with Crippen molar-refractivity contribution >= 4 is 22.7 Å². The number of aromatic nitrogens is 3. The number of H-pyrrole nitrogens is 1. The van der Waals surface area contributed by atoms with Crippen molar-refractivity contribution in [3.63, 3.8) is 0 Å². The molecule has 4 rings (SSSR count). The van der Waals surface area contributed by atoms with Gasteiger partial charge in [0.25, 0.3) is 0 Å². The van der Waals surface area contributed by atoms with E-state index in [-0.39, 0.29) is 0 Å². The van der Waals surface area contributed by atoms with Gasteiger partial charge in [-0.2, -0.15) is 0 Å². The van der Waals surface area contributed by atoms with E-state index in [0.29, 0.717) is 24.1 Å². The van der Waals surface area contributed by atoms with Gasteiger partial charge in [-0.3, -0.25) is 0 Å². The van der Waals surface area contributed by atoms with Gasteiger partial charge >= 0.3 is 0 Å². The number of nitrogens with zero attached hydrogens (tertiary/aromatic N) is 3. The fourth-order valence-corrected chi connectivity index (χ4v) is 3.71. The first-order valence-corrected chi connectivity index (χ1v) is 10.7. The van der Waals surface area contributed by atoms with Crippen molar-refractivity contribution in [3.05, 3.63) is 66.2 Å². The van der Waals surface area contributed by atoms with Crippen LogP contribution in [0.2, 0.25) is 0 Å². The van der Waals surface area contributed by atoms with Crippen LogP contribution < -0.4 is 4.74 Å². The summed E-state index contributed by atoms with van der Waals surface area (Å²) in [4.78, 5) is 5.58. The van der Waals surface area contributed by atoms with Gasteiger partial charge < -0.3 is 19.0 Å². The summed E-state index contributed by atoms with van der Waals surface area (Å²) in [6.07, 6.45) is 0. The Hall–Kier alpha value is -2.77. The van der Waals surface area contributed by atoms with Crippen LogP contribution in [0.5, 0.6) is 5.75 Å². The van der Waals surface area contributed by atoms with Crippen LogP contribution in [0.25, 0.3) is 22.4 Å². The Kier molecular flexibility index (Phi) is 6.17. The largest absolute Gasteiger partial charge is 0.493 e. The molecular weight excluding hydrogens is 384 g/mol. The van der Waals surface area contributed by atoms with Crippen LogP contribution in [0.15, 0.2) is 59.0 Å². The second-order valence-electron chi connectivity index (χ2n) is 7.05. The SMILES string of the molecule is CN(C)Cc1cc2cc(-c3nnc(CSCCOc4ccccc4)o3)ccc2[nH]1. The molecule has 0 fully saturated rings. The second-order valence-corrected chi connectivity index (χ2v) is 8.15. The van der Waals surface area contributed by atoms with Crippen LogP contribution in [0, 0.1) is 0 Å². The third-order valence-corrected chi connectivity index (χ3v) is 5.25. The molecule has 2 aromatic heterocycles. The molecule has 2 aromatic carbocycles. The molecule has 0 amide bonds. The second kappa shape index (κ2) is 9.15. The number of fused-ring (bicyclic) bond motifs is 1. The quantitative estimate of drug-likeness (QED) is 0.409. The third kappa shape index (κ3) is 5.19. The topological polar surface area (TPSA) is 67.2 Å². The average molecular weight is 409 g/mol. The summed E-state index contributed by atoms with van der Waals surface area (Å²) in [5, 5.41) is 9.54. The maximum Gasteiger partial charge on any atom is 0.247 e. The van der Waals surface area contributed by atoms with Gasteiger partial charge in [0.1, 0.15) is 5.75 Å². The molecule has 0 radical (unpaired) electrons. The van der Waals surface area contributed by atoms with E-state index in [9.17, 15) is 0 Å². The minimum Gasteiger partial charge on any atom is -0.493 e. The van der Waals surface area contributed by atoms with Crippen LogP contribution in [0.1, 0.15) is 11.6 Å². The number of para-hydroxylation sites is 1. The van der Waals surface area contributed by atoms with E-state index in [0.717, 1.165) is 34.5 Å². The summed E-state index contributed by atoms with van der Waals surface area (Å²) in [6, 6.07) is 18.2. The molecule has 29 heavy (non-hydrogen) atoms. The Labute approximate surface area is 174 Å². The Balaban J connectivity index is 1.32. The fourth-order valence-electron chi connectivity index (χ4n) is 3.07. The predicted octanol–water partition coefficient (Wildman–Crippen LogP) is 4.59. The molecule has 0 atom stereocenters. The molecule has 0 bridgehead atoms. The van der Waals surface area contributed by atoms with E-state index in [2.05, 4.69) is 52.4 Å². The van der Waals surface area contributed by atoms with E-state index in [4.69, 9.17) is 9.15 Å². The summed E-state index contributed by atoms with van der Waals surface area (Å²) in [5.74, 6) is 3.61. The maximum atomic E-state index is 5.85. The van der Waals surface area contributed by atoms with Crippen molar-refractivity contribution in [2.24, 2.45) is 0 Å². The molecule has 0 aliphatic heterocycles. The highest BCUT2D eigenvalue weighted by Gasteiger charge is 2.11. The van der Waals surface area contributed by atoms with Crippen LogP contribution >= 0.6 is 11.8 Å². The normalized spacial score (nSPS) is 11.4. The van der Waals surface area contributed by atoms with Crippen molar-refractivity contribution in [1.29, 1.82) is 0 Å². The van der Waals surface area contributed by atoms with Gasteiger partial charge in [0.05, 0.1) is 12.4 Å². The number of ether oxygens (including phenoxy) is 1. The van der Waals surface area contributed by atoms with Gasteiger partial charge in [-0.05, 0) is 50.5 Å². The van der Waals surface area contributed by atoms with Crippen LogP contribution in [-0.2, 0) is 12.3 Å². The molecule has 0 saturated heterocycles. The zero-order valence-corrected chi connectivity index (χ0v) is 17.4. The lowest BCUT2D eigenvalue weighted by atomic mass is 10.1. The highest BCUT2D eigenvalue weighted by atomic mass is 32.2. The van der Waals surface area contributed by atoms with Crippen molar-refractivity contribution < 1.29 is 9.15 Å². The van der Waals surface area contributed by atoms with E-state index in [1.165, 1.54) is 5.69 Å². The Morgan fingerprint density at radius 2 is 1.93 bits per heavy atom. The monoisotopic (exact) mass is 408 g/mol. The molecule has 7 heteroatoms. The summed E-state index contributed by atoms with van der Waals surface area (Å²) >= 11 is 1.71. The lowest BCUT2D eigenvalue weighted by Crippen LogP contribution is -2.10. The minimum atomic E-state index is 0.554. The van der Waals surface area contributed by atoms with Gasteiger partial charge in [0.2, 0.25) is 11.8 Å². The molecule has 0 aliphatic carbocycles. The zero-order chi connectivity index (χ0) is 20.1.